The van der Waals surface area contributed by atoms with E-state index in [9.17, 15) is 8.78 Å². The monoisotopic (exact) mass is 294 g/mol. The lowest BCUT2D eigenvalue weighted by molar-refractivity contribution is 0.251. The molecule has 1 saturated heterocycles. The molecule has 1 N–H and O–H groups in total. The molecule has 0 amide bonds. The number of rotatable bonds is 3. The highest BCUT2D eigenvalue weighted by Crippen LogP contribution is 2.42. The molecule has 2 fully saturated rings. The lowest BCUT2D eigenvalue weighted by Gasteiger charge is -2.47. The fraction of sp³-hybridized carbons (Fsp3) is 0.647. The van der Waals surface area contributed by atoms with E-state index in [0.29, 0.717) is 17.2 Å². The minimum Gasteiger partial charge on any atom is -0.363 e. The maximum absolute atomic E-state index is 14.4. The van der Waals surface area contributed by atoms with Crippen molar-refractivity contribution in [1.82, 2.24) is 5.32 Å². The molecule has 1 heterocycles. The molecule has 0 bridgehead atoms. The lowest BCUT2D eigenvalue weighted by Crippen LogP contribution is -2.64. The summed E-state index contributed by atoms with van der Waals surface area (Å²) in [5.74, 6) is 0.0245. The first-order valence-corrected chi connectivity index (χ1v) is 7.92. The van der Waals surface area contributed by atoms with Crippen molar-refractivity contribution < 1.29 is 8.78 Å². The number of hydrogen-bond acceptors (Lipinski definition) is 2. The van der Waals surface area contributed by atoms with E-state index in [-0.39, 0.29) is 23.2 Å². The van der Waals surface area contributed by atoms with Crippen LogP contribution in [0.2, 0.25) is 0 Å². The van der Waals surface area contributed by atoms with Crippen LogP contribution in [0.15, 0.2) is 12.1 Å². The van der Waals surface area contributed by atoms with Gasteiger partial charge in [0.05, 0.1) is 5.69 Å². The summed E-state index contributed by atoms with van der Waals surface area (Å²) in [7, 11) is 0. The summed E-state index contributed by atoms with van der Waals surface area (Å²) in [4.78, 5) is 2.08. The minimum atomic E-state index is -0.326. The molecule has 2 unspecified atom stereocenters. The van der Waals surface area contributed by atoms with Gasteiger partial charge >= 0.3 is 0 Å². The molecule has 0 radical (unpaired) electrons. The third-order valence-corrected chi connectivity index (χ3v) is 5.17. The van der Waals surface area contributed by atoms with E-state index < -0.39 is 0 Å². The van der Waals surface area contributed by atoms with Crippen molar-refractivity contribution in [1.29, 1.82) is 0 Å². The van der Waals surface area contributed by atoms with Gasteiger partial charge in [0.1, 0.15) is 11.6 Å². The van der Waals surface area contributed by atoms with E-state index in [4.69, 9.17) is 0 Å². The zero-order valence-corrected chi connectivity index (χ0v) is 13.0. The van der Waals surface area contributed by atoms with Gasteiger partial charge in [0.15, 0.2) is 0 Å². The molecule has 1 aliphatic heterocycles. The van der Waals surface area contributed by atoms with Crippen LogP contribution >= 0.6 is 0 Å². The van der Waals surface area contributed by atoms with E-state index in [1.54, 1.807) is 6.92 Å². The number of anilines is 1. The third kappa shape index (κ3) is 2.66. The molecule has 0 spiro atoms. The third-order valence-electron chi connectivity index (χ3n) is 5.17. The van der Waals surface area contributed by atoms with Crippen LogP contribution in [-0.4, -0.2) is 24.7 Å². The Balaban J connectivity index is 1.94. The quantitative estimate of drug-likeness (QED) is 0.916. The largest absolute Gasteiger partial charge is 0.363 e. The van der Waals surface area contributed by atoms with Gasteiger partial charge in [0.2, 0.25) is 0 Å². The maximum atomic E-state index is 14.4. The highest BCUT2D eigenvalue weighted by Gasteiger charge is 2.46. The number of piperazine rings is 1. The minimum absolute atomic E-state index is 0.0134. The van der Waals surface area contributed by atoms with Crippen molar-refractivity contribution >= 4 is 5.69 Å². The second-order valence-electron chi connectivity index (χ2n) is 6.82. The number of nitrogens with zero attached hydrogens (tertiary/aromatic N) is 1. The molecule has 2 atom stereocenters. The molecule has 1 aromatic carbocycles. The number of nitrogens with one attached hydrogen (secondary N) is 1. The molecule has 3 rings (SSSR count). The van der Waals surface area contributed by atoms with Gasteiger partial charge in [-0.15, -0.1) is 0 Å². The molecule has 2 nitrogen and oxygen atoms in total. The Bertz CT molecular complexity index is 542. The van der Waals surface area contributed by atoms with Crippen molar-refractivity contribution in [2.24, 2.45) is 5.92 Å². The van der Waals surface area contributed by atoms with E-state index in [2.05, 4.69) is 24.1 Å². The number of benzene rings is 1. The van der Waals surface area contributed by atoms with Crippen molar-refractivity contribution in [2.75, 3.05) is 18.0 Å². The predicted molar refractivity (Wildman–Crippen MR) is 81.7 cm³/mol. The highest BCUT2D eigenvalue weighted by atomic mass is 19.1. The fourth-order valence-electron chi connectivity index (χ4n) is 3.50. The van der Waals surface area contributed by atoms with Crippen LogP contribution in [0, 0.1) is 24.5 Å². The standard InChI is InChI=1S/C17H24F2N2/c1-4-13-9-20-17(3,12-5-6-12)10-21(13)16-8-14(18)11(2)7-15(16)19/h7-8,12-13,20H,4-6,9-10H2,1-3H3. The van der Waals surface area contributed by atoms with Crippen molar-refractivity contribution in [3.05, 3.63) is 29.3 Å². The van der Waals surface area contributed by atoms with Crippen LogP contribution < -0.4 is 10.2 Å². The van der Waals surface area contributed by atoms with Crippen molar-refractivity contribution in [3.8, 4) is 0 Å². The first-order valence-electron chi connectivity index (χ1n) is 7.92. The fourth-order valence-corrected chi connectivity index (χ4v) is 3.50. The molecule has 1 saturated carbocycles. The average molecular weight is 294 g/mol. The highest BCUT2D eigenvalue weighted by molar-refractivity contribution is 5.52. The van der Waals surface area contributed by atoms with Crippen molar-refractivity contribution in [3.63, 3.8) is 0 Å². The summed E-state index contributed by atoms with van der Waals surface area (Å²) in [6, 6.07) is 2.90. The first kappa shape index (κ1) is 14.8. The van der Waals surface area contributed by atoms with E-state index in [1.165, 1.54) is 25.0 Å². The molecule has 1 aliphatic carbocycles. The summed E-state index contributed by atoms with van der Waals surface area (Å²) in [6.07, 6.45) is 3.39. The van der Waals surface area contributed by atoms with Gasteiger partial charge in [-0.2, -0.15) is 0 Å². The summed E-state index contributed by atoms with van der Waals surface area (Å²) >= 11 is 0. The first-order chi connectivity index (χ1) is 9.94. The summed E-state index contributed by atoms with van der Waals surface area (Å²) < 4.78 is 28.3. The van der Waals surface area contributed by atoms with Gasteiger partial charge in [-0.3, -0.25) is 0 Å². The molecule has 116 valence electrons. The summed E-state index contributed by atoms with van der Waals surface area (Å²) in [5.41, 5.74) is 0.794. The van der Waals surface area contributed by atoms with Gasteiger partial charge in [-0.25, -0.2) is 8.78 Å². The maximum Gasteiger partial charge on any atom is 0.146 e. The smallest absolute Gasteiger partial charge is 0.146 e. The Morgan fingerprint density at radius 3 is 2.62 bits per heavy atom. The van der Waals surface area contributed by atoms with Crippen LogP contribution in [0.5, 0.6) is 0 Å². The molecule has 2 aliphatic rings. The number of hydrogen-bond donors (Lipinski definition) is 1. The number of aryl methyl sites for hydroxylation is 1. The SMILES string of the molecule is CCC1CNC(C)(C2CC2)CN1c1cc(F)c(C)cc1F. The molecular formula is C17H24F2N2. The van der Waals surface area contributed by atoms with E-state index >= 15 is 0 Å². The zero-order valence-electron chi connectivity index (χ0n) is 13.0. The lowest BCUT2D eigenvalue weighted by atomic mass is 9.90. The Morgan fingerprint density at radius 1 is 1.29 bits per heavy atom. The van der Waals surface area contributed by atoms with E-state index in [1.807, 2.05) is 0 Å². The van der Waals surface area contributed by atoms with Crippen LogP contribution in [0.4, 0.5) is 14.5 Å². The van der Waals surface area contributed by atoms with Crippen molar-refractivity contribution in [2.45, 2.75) is 51.6 Å². The molecule has 21 heavy (non-hydrogen) atoms. The molecule has 0 aromatic heterocycles. The van der Waals surface area contributed by atoms with Gasteiger partial charge in [-0.05, 0) is 50.7 Å². The van der Waals surface area contributed by atoms with Gasteiger partial charge in [-0.1, -0.05) is 6.92 Å². The predicted octanol–water partition coefficient (Wildman–Crippen LogP) is 3.63. The second-order valence-corrected chi connectivity index (χ2v) is 6.82. The Morgan fingerprint density at radius 2 is 2.00 bits per heavy atom. The molecule has 1 aromatic rings. The zero-order chi connectivity index (χ0) is 15.2. The van der Waals surface area contributed by atoms with Gasteiger partial charge in [0.25, 0.3) is 0 Å². The molecular weight excluding hydrogens is 270 g/mol. The Kier molecular flexibility index (Phi) is 3.68. The van der Waals surface area contributed by atoms with Gasteiger partial charge < -0.3 is 10.2 Å². The molecule has 4 heteroatoms. The van der Waals surface area contributed by atoms with Crippen LogP contribution in [-0.2, 0) is 0 Å². The van der Waals surface area contributed by atoms with Crippen LogP contribution in [0.1, 0.15) is 38.7 Å². The summed E-state index contributed by atoms with van der Waals surface area (Å²) in [6.45, 7) is 7.49. The van der Waals surface area contributed by atoms with E-state index in [0.717, 1.165) is 19.5 Å². The Hall–Kier alpha value is -1.16. The normalized spacial score (nSPS) is 29.8. The topological polar surface area (TPSA) is 15.3 Å². The van der Waals surface area contributed by atoms with Crippen LogP contribution in [0.25, 0.3) is 0 Å². The number of halogens is 2. The summed E-state index contributed by atoms with van der Waals surface area (Å²) in [5, 5.41) is 3.65. The Labute approximate surface area is 125 Å². The second kappa shape index (κ2) is 5.24. The van der Waals surface area contributed by atoms with Crippen LogP contribution in [0.3, 0.4) is 0 Å². The average Bonchev–Trinajstić information content (AvgIpc) is 3.28. The van der Waals surface area contributed by atoms with Gasteiger partial charge in [0, 0.05) is 30.7 Å².